The molecule has 0 spiro atoms. The summed E-state index contributed by atoms with van der Waals surface area (Å²) in [5, 5.41) is 4.65. The molecule has 0 aliphatic carbocycles. The van der Waals surface area contributed by atoms with Gasteiger partial charge in [-0.2, -0.15) is 0 Å². The van der Waals surface area contributed by atoms with Gasteiger partial charge in [-0.15, -0.1) is 11.3 Å². The predicted molar refractivity (Wildman–Crippen MR) is 87.6 cm³/mol. The van der Waals surface area contributed by atoms with Crippen LogP contribution in [0.1, 0.15) is 20.9 Å². The van der Waals surface area contributed by atoms with Gasteiger partial charge >= 0.3 is 0 Å². The van der Waals surface area contributed by atoms with E-state index in [-0.39, 0.29) is 0 Å². The van der Waals surface area contributed by atoms with Crippen LogP contribution in [0.25, 0.3) is 10.9 Å². The number of benzene rings is 1. The van der Waals surface area contributed by atoms with Crippen LogP contribution in [0.3, 0.4) is 0 Å². The topological polar surface area (TPSA) is 24.9 Å². The summed E-state index contributed by atoms with van der Waals surface area (Å²) >= 11 is 1.85. The van der Waals surface area contributed by atoms with Gasteiger partial charge in [-0.1, -0.05) is 18.2 Å². The van der Waals surface area contributed by atoms with E-state index in [2.05, 4.69) is 50.4 Å². The highest BCUT2D eigenvalue weighted by molar-refractivity contribution is 7.12. The molecule has 2 nitrogen and oxygen atoms in total. The van der Waals surface area contributed by atoms with Gasteiger partial charge in [-0.25, -0.2) is 4.98 Å². The second kappa shape index (κ2) is 5.25. The number of fused-ring (bicyclic) bond motifs is 1. The van der Waals surface area contributed by atoms with Crippen LogP contribution in [0.4, 0.5) is 5.82 Å². The van der Waals surface area contributed by atoms with E-state index in [0.29, 0.717) is 0 Å². The largest absolute Gasteiger partial charge is 0.365 e. The summed E-state index contributed by atoms with van der Waals surface area (Å²) in [6.45, 7) is 7.27. The molecule has 0 unspecified atom stereocenters. The number of para-hydroxylation sites is 1. The number of nitrogens with zero attached hydrogens (tertiary/aromatic N) is 1. The third-order valence-electron chi connectivity index (χ3n) is 3.56. The number of aromatic nitrogens is 1. The molecule has 2 aromatic heterocycles. The maximum absolute atomic E-state index is 4.71. The normalized spacial score (nSPS) is 10.9. The summed E-state index contributed by atoms with van der Waals surface area (Å²) < 4.78 is 0. The third kappa shape index (κ3) is 2.54. The van der Waals surface area contributed by atoms with E-state index in [0.717, 1.165) is 17.9 Å². The number of aryl methyl sites for hydroxylation is 3. The van der Waals surface area contributed by atoms with E-state index in [9.17, 15) is 0 Å². The molecule has 0 fully saturated rings. The molecule has 1 aromatic carbocycles. The SMILES string of the molecule is Cc1cc2ccccc2nc1NCc1cc(C)c(C)s1. The molecule has 0 saturated heterocycles. The standard InChI is InChI=1S/C17H18N2S/c1-11-9-15(20-13(11)3)10-18-17-12(2)8-14-6-4-5-7-16(14)19-17/h4-9H,10H2,1-3H3,(H,18,19). The van der Waals surface area contributed by atoms with Gasteiger partial charge in [0.25, 0.3) is 0 Å². The van der Waals surface area contributed by atoms with Crippen molar-refractivity contribution in [1.82, 2.24) is 4.98 Å². The number of anilines is 1. The summed E-state index contributed by atoms with van der Waals surface area (Å²) in [5.41, 5.74) is 3.60. The molecule has 0 atom stereocenters. The Balaban J connectivity index is 1.85. The minimum atomic E-state index is 0.839. The number of hydrogen-bond donors (Lipinski definition) is 1. The number of rotatable bonds is 3. The molecule has 20 heavy (non-hydrogen) atoms. The maximum Gasteiger partial charge on any atom is 0.129 e. The zero-order valence-electron chi connectivity index (χ0n) is 12.0. The van der Waals surface area contributed by atoms with E-state index in [1.807, 2.05) is 23.5 Å². The molecule has 3 heteroatoms. The van der Waals surface area contributed by atoms with Crippen molar-refractivity contribution in [2.45, 2.75) is 27.3 Å². The Labute approximate surface area is 123 Å². The van der Waals surface area contributed by atoms with Crippen LogP contribution in [-0.2, 0) is 6.54 Å². The Morgan fingerprint density at radius 1 is 1.05 bits per heavy atom. The van der Waals surface area contributed by atoms with Gasteiger partial charge in [0.2, 0.25) is 0 Å². The van der Waals surface area contributed by atoms with Gasteiger partial charge in [-0.3, -0.25) is 0 Å². The molecule has 0 aliphatic rings. The van der Waals surface area contributed by atoms with Crippen LogP contribution >= 0.6 is 11.3 Å². The molecule has 1 N–H and O–H groups in total. The minimum Gasteiger partial charge on any atom is -0.365 e. The van der Waals surface area contributed by atoms with Crippen LogP contribution in [0.15, 0.2) is 36.4 Å². The number of nitrogens with one attached hydrogen (secondary N) is 1. The van der Waals surface area contributed by atoms with Crippen molar-refractivity contribution in [1.29, 1.82) is 0 Å². The lowest BCUT2D eigenvalue weighted by molar-refractivity contribution is 1.14. The van der Waals surface area contributed by atoms with Crippen LogP contribution in [0.2, 0.25) is 0 Å². The first-order valence-corrected chi connectivity index (χ1v) is 7.61. The Morgan fingerprint density at radius 3 is 2.60 bits per heavy atom. The molecule has 2 heterocycles. The average molecular weight is 282 g/mol. The average Bonchev–Trinajstić information content (AvgIpc) is 2.75. The van der Waals surface area contributed by atoms with Gasteiger partial charge in [0.1, 0.15) is 5.82 Å². The van der Waals surface area contributed by atoms with E-state index in [1.54, 1.807) is 0 Å². The Hall–Kier alpha value is -1.87. The molecule has 0 aliphatic heterocycles. The van der Waals surface area contributed by atoms with E-state index in [4.69, 9.17) is 4.98 Å². The fourth-order valence-corrected chi connectivity index (χ4v) is 3.30. The first-order chi connectivity index (χ1) is 9.63. The first kappa shape index (κ1) is 13.1. The van der Waals surface area contributed by atoms with Gasteiger partial charge in [-0.05, 0) is 50.1 Å². The number of thiophene rings is 1. The highest BCUT2D eigenvalue weighted by Gasteiger charge is 2.05. The monoisotopic (exact) mass is 282 g/mol. The van der Waals surface area contributed by atoms with Crippen molar-refractivity contribution in [2.24, 2.45) is 0 Å². The number of pyridine rings is 1. The fraction of sp³-hybridized carbons (Fsp3) is 0.235. The molecular formula is C17H18N2S. The van der Waals surface area contributed by atoms with Gasteiger partial charge in [0.15, 0.2) is 0 Å². The molecule has 3 aromatic rings. The van der Waals surface area contributed by atoms with Crippen LogP contribution in [0.5, 0.6) is 0 Å². The molecule has 0 amide bonds. The summed E-state index contributed by atoms with van der Waals surface area (Å²) in [5.74, 6) is 0.979. The van der Waals surface area contributed by atoms with Crippen molar-refractivity contribution in [2.75, 3.05) is 5.32 Å². The van der Waals surface area contributed by atoms with Crippen LogP contribution < -0.4 is 5.32 Å². The molecule has 102 valence electrons. The third-order valence-corrected chi connectivity index (χ3v) is 4.71. The highest BCUT2D eigenvalue weighted by atomic mass is 32.1. The number of hydrogen-bond acceptors (Lipinski definition) is 3. The smallest absolute Gasteiger partial charge is 0.129 e. The minimum absolute atomic E-state index is 0.839. The fourth-order valence-electron chi connectivity index (χ4n) is 2.31. The van der Waals surface area contributed by atoms with Gasteiger partial charge in [0, 0.05) is 15.1 Å². The van der Waals surface area contributed by atoms with Crippen molar-refractivity contribution in [3.8, 4) is 0 Å². The van der Waals surface area contributed by atoms with Gasteiger partial charge < -0.3 is 5.32 Å². The summed E-state index contributed by atoms with van der Waals surface area (Å²) in [4.78, 5) is 7.46. The zero-order chi connectivity index (χ0) is 14.1. The van der Waals surface area contributed by atoms with E-state index >= 15 is 0 Å². The van der Waals surface area contributed by atoms with Crippen molar-refractivity contribution >= 4 is 28.1 Å². The maximum atomic E-state index is 4.71. The van der Waals surface area contributed by atoms with Gasteiger partial charge in [0.05, 0.1) is 12.1 Å². The van der Waals surface area contributed by atoms with Crippen molar-refractivity contribution in [3.63, 3.8) is 0 Å². The second-order valence-electron chi connectivity index (χ2n) is 5.15. The Bertz CT molecular complexity index is 739. The van der Waals surface area contributed by atoms with Crippen LogP contribution in [-0.4, -0.2) is 4.98 Å². The Morgan fingerprint density at radius 2 is 1.85 bits per heavy atom. The lowest BCUT2D eigenvalue weighted by Gasteiger charge is -2.09. The van der Waals surface area contributed by atoms with Crippen molar-refractivity contribution < 1.29 is 0 Å². The molecule has 0 radical (unpaired) electrons. The molecule has 3 rings (SSSR count). The summed E-state index contributed by atoms with van der Waals surface area (Å²) in [6.07, 6.45) is 0. The molecule has 0 bridgehead atoms. The first-order valence-electron chi connectivity index (χ1n) is 6.79. The highest BCUT2D eigenvalue weighted by Crippen LogP contribution is 2.23. The quantitative estimate of drug-likeness (QED) is 0.744. The van der Waals surface area contributed by atoms with E-state index in [1.165, 1.54) is 26.3 Å². The molecular weight excluding hydrogens is 264 g/mol. The lowest BCUT2D eigenvalue weighted by atomic mass is 10.1. The van der Waals surface area contributed by atoms with Crippen LogP contribution in [0, 0.1) is 20.8 Å². The predicted octanol–water partition coefficient (Wildman–Crippen LogP) is 4.83. The summed E-state index contributed by atoms with van der Waals surface area (Å²) in [6, 6.07) is 12.7. The van der Waals surface area contributed by atoms with E-state index < -0.39 is 0 Å². The zero-order valence-corrected chi connectivity index (χ0v) is 12.8. The summed E-state index contributed by atoms with van der Waals surface area (Å²) in [7, 11) is 0. The van der Waals surface area contributed by atoms with Crippen molar-refractivity contribution in [3.05, 3.63) is 57.3 Å². The lowest BCUT2D eigenvalue weighted by Crippen LogP contribution is -2.02. The molecule has 0 saturated carbocycles. The Kier molecular flexibility index (Phi) is 3.45. The second-order valence-corrected chi connectivity index (χ2v) is 6.49.